The molecule has 19 heavy (non-hydrogen) atoms. The van der Waals surface area contributed by atoms with Gasteiger partial charge in [-0.3, -0.25) is 4.79 Å². The Hall–Kier alpha value is -2.22. The van der Waals surface area contributed by atoms with Crippen molar-refractivity contribution >= 4 is 5.82 Å². The van der Waals surface area contributed by atoms with Crippen LogP contribution in [0, 0.1) is 6.92 Å². The zero-order valence-corrected chi connectivity index (χ0v) is 10.4. The van der Waals surface area contributed by atoms with Crippen molar-refractivity contribution in [3.8, 4) is 5.69 Å². The molecule has 2 heterocycles. The first-order valence-corrected chi connectivity index (χ1v) is 5.94. The maximum atomic E-state index is 12.0. The highest BCUT2D eigenvalue weighted by Crippen LogP contribution is 2.10. The second-order valence-electron chi connectivity index (χ2n) is 4.18. The predicted octanol–water partition coefficient (Wildman–Crippen LogP) is -0.168. The van der Waals surface area contributed by atoms with Crippen molar-refractivity contribution in [2.45, 2.75) is 6.92 Å². The first-order chi connectivity index (χ1) is 9.25. The van der Waals surface area contributed by atoms with Gasteiger partial charge >= 0.3 is 0 Å². The fourth-order valence-electron chi connectivity index (χ4n) is 1.93. The molecule has 3 rings (SSSR count). The molecule has 1 saturated heterocycles. The van der Waals surface area contributed by atoms with Crippen molar-refractivity contribution in [1.82, 2.24) is 26.2 Å². The summed E-state index contributed by atoms with van der Waals surface area (Å²) in [5.74, 6) is 0.291. The molecule has 0 radical (unpaired) electrons. The molecule has 1 aromatic carbocycles. The number of nitrogens with zero attached hydrogens (tertiary/aromatic N) is 3. The number of hydrogen-bond donors (Lipinski definition) is 3. The van der Waals surface area contributed by atoms with Crippen LogP contribution >= 0.6 is 0 Å². The monoisotopic (exact) mass is 258 g/mol. The summed E-state index contributed by atoms with van der Waals surface area (Å²) in [6.07, 6.45) is 0. The Balaban J connectivity index is 2.10. The molecule has 7 heteroatoms. The highest BCUT2D eigenvalue weighted by atomic mass is 16.1. The quantitative estimate of drug-likeness (QED) is 0.694. The van der Waals surface area contributed by atoms with Crippen molar-refractivity contribution in [2.75, 3.05) is 11.8 Å². The van der Waals surface area contributed by atoms with Crippen LogP contribution in [0.15, 0.2) is 41.2 Å². The predicted molar refractivity (Wildman–Crippen MR) is 71.3 cm³/mol. The van der Waals surface area contributed by atoms with E-state index in [2.05, 4.69) is 21.5 Å². The molecule has 0 spiro atoms. The second-order valence-corrected chi connectivity index (χ2v) is 4.18. The molecule has 0 saturated carbocycles. The average Bonchev–Trinajstić information content (AvgIpc) is 2.94. The van der Waals surface area contributed by atoms with E-state index in [0.717, 1.165) is 11.4 Å². The molecular formula is C12H14N6O. The molecule has 98 valence electrons. The second kappa shape index (κ2) is 4.81. The number of anilines is 1. The van der Waals surface area contributed by atoms with Gasteiger partial charge in [-0.1, -0.05) is 18.2 Å². The number of hydrogen-bond acceptors (Lipinski definition) is 6. The molecule has 3 N–H and O–H groups in total. The maximum Gasteiger partial charge on any atom is 0.228 e. The van der Waals surface area contributed by atoms with Crippen LogP contribution < -0.4 is 26.9 Å². The number of benzene rings is 1. The van der Waals surface area contributed by atoms with E-state index < -0.39 is 0 Å². The Kier molecular flexibility index (Phi) is 3.00. The Morgan fingerprint density at radius 2 is 2.05 bits per heavy atom. The van der Waals surface area contributed by atoms with Crippen LogP contribution in [-0.2, 0) is 0 Å². The zero-order valence-electron chi connectivity index (χ0n) is 10.4. The Labute approximate surface area is 109 Å². The third-order valence-electron chi connectivity index (χ3n) is 2.82. The van der Waals surface area contributed by atoms with Crippen LogP contribution in [-0.4, -0.2) is 16.4 Å². The van der Waals surface area contributed by atoms with Crippen LogP contribution in [0.3, 0.4) is 0 Å². The van der Waals surface area contributed by atoms with Crippen LogP contribution in [0.4, 0.5) is 5.82 Å². The summed E-state index contributed by atoms with van der Waals surface area (Å²) >= 11 is 0. The van der Waals surface area contributed by atoms with E-state index >= 15 is 0 Å². The molecule has 2 aromatic rings. The van der Waals surface area contributed by atoms with Crippen LogP contribution in [0.5, 0.6) is 0 Å². The van der Waals surface area contributed by atoms with Gasteiger partial charge < -0.3 is 0 Å². The van der Waals surface area contributed by atoms with Gasteiger partial charge in [0.15, 0.2) is 0 Å². The summed E-state index contributed by atoms with van der Waals surface area (Å²) in [6, 6.07) is 11.3. The first-order valence-electron chi connectivity index (χ1n) is 5.94. The molecule has 7 nitrogen and oxygen atoms in total. The van der Waals surface area contributed by atoms with E-state index in [1.165, 1.54) is 5.12 Å². The van der Waals surface area contributed by atoms with Crippen LogP contribution in [0.25, 0.3) is 5.69 Å². The number of hydrazine groups is 3. The Morgan fingerprint density at radius 3 is 2.74 bits per heavy atom. The van der Waals surface area contributed by atoms with Gasteiger partial charge in [0.25, 0.3) is 0 Å². The minimum Gasteiger partial charge on any atom is -0.286 e. The molecule has 1 aliphatic heterocycles. The Morgan fingerprint density at radius 1 is 1.26 bits per heavy atom. The van der Waals surface area contributed by atoms with Crippen LogP contribution in [0.2, 0.25) is 0 Å². The normalized spacial score (nSPS) is 14.9. The fraction of sp³-hybridized carbons (Fsp3) is 0.167. The maximum absolute atomic E-state index is 12.0. The molecule has 0 atom stereocenters. The molecule has 0 amide bonds. The van der Waals surface area contributed by atoms with E-state index in [1.54, 1.807) is 10.7 Å². The van der Waals surface area contributed by atoms with Gasteiger partial charge in [-0.2, -0.15) is 5.53 Å². The van der Waals surface area contributed by atoms with Gasteiger partial charge in [-0.15, -0.1) is 5.10 Å². The third-order valence-corrected chi connectivity index (χ3v) is 2.82. The lowest BCUT2D eigenvalue weighted by Gasteiger charge is -2.17. The number of nitrogens with one attached hydrogen (secondary N) is 3. The number of aryl methyl sites for hydroxylation is 1. The van der Waals surface area contributed by atoms with Gasteiger partial charge in [0.2, 0.25) is 11.2 Å². The van der Waals surface area contributed by atoms with Gasteiger partial charge in [-0.05, 0) is 19.1 Å². The molecule has 0 unspecified atom stereocenters. The highest BCUT2D eigenvalue weighted by Gasteiger charge is 2.17. The largest absolute Gasteiger partial charge is 0.286 e. The smallest absolute Gasteiger partial charge is 0.228 e. The summed E-state index contributed by atoms with van der Waals surface area (Å²) < 4.78 is 1.73. The third kappa shape index (κ3) is 2.22. The standard InChI is InChI=1S/C12H14N6O/c1-9-7-11(19)12(18-14-8-13-16-18)15-17(9)10-5-3-2-4-6-10/h2-7,13-14,16H,8H2,1H3. The lowest BCUT2D eigenvalue weighted by Crippen LogP contribution is -2.44. The Bertz CT molecular complexity index is 632. The average molecular weight is 258 g/mol. The fourth-order valence-corrected chi connectivity index (χ4v) is 1.93. The van der Waals surface area contributed by atoms with Crippen molar-refractivity contribution in [3.05, 3.63) is 52.3 Å². The minimum atomic E-state index is -0.145. The number of rotatable bonds is 2. The molecule has 0 aliphatic carbocycles. The van der Waals surface area contributed by atoms with E-state index in [0.29, 0.717) is 12.5 Å². The van der Waals surface area contributed by atoms with E-state index in [-0.39, 0.29) is 5.43 Å². The first kappa shape index (κ1) is 11.8. The molecular weight excluding hydrogens is 244 g/mol. The summed E-state index contributed by atoms with van der Waals surface area (Å²) in [6.45, 7) is 2.38. The topological polar surface area (TPSA) is 74.2 Å². The lowest BCUT2D eigenvalue weighted by atomic mass is 10.3. The summed E-state index contributed by atoms with van der Waals surface area (Å²) in [5.41, 5.74) is 10.2. The van der Waals surface area contributed by atoms with Crippen molar-refractivity contribution < 1.29 is 0 Å². The van der Waals surface area contributed by atoms with Gasteiger partial charge in [0.1, 0.15) is 0 Å². The summed E-state index contributed by atoms with van der Waals surface area (Å²) in [5, 5.41) is 5.86. The molecule has 0 bridgehead atoms. The van der Waals surface area contributed by atoms with Gasteiger partial charge in [-0.25, -0.2) is 20.7 Å². The van der Waals surface area contributed by atoms with Crippen molar-refractivity contribution in [3.63, 3.8) is 0 Å². The van der Waals surface area contributed by atoms with E-state index in [4.69, 9.17) is 0 Å². The van der Waals surface area contributed by atoms with Crippen molar-refractivity contribution in [2.24, 2.45) is 0 Å². The van der Waals surface area contributed by atoms with Gasteiger partial charge in [0.05, 0.1) is 12.4 Å². The van der Waals surface area contributed by atoms with Crippen molar-refractivity contribution in [1.29, 1.82) is 0 Å². The molecule has 1 aliphatic rings. The summed E-state index contributed by atoms with van der Waals surface area (Å²) in [4.78, 5) is 12.0. The number of para-hydroxylation sites is 1. The highest BCUT2D eigenvalue weighted by molar-refractivity contribution is 5.39. The van der Waals surface area contributed by atoms with E-state index in [9.17, 15) is 4.79 Å². The summed E-state index contributed by atoms with van der Waals surface area (Å²) in [7, 11) is 0. The lowest BCUT2D eigenvalue weighted by molar-refractivity contribution is 0.621. The van der Waals surface area contributed by atoms with E-state index in [1.807, 2.05) is 37.3 Å². The number of aromatic nitrogens is 2. The van der Waals surface area contributed by atoms with Gasteiger partial charge in [0, 0.05) is 11.8 Å². The minimum absolute atomic E-state index is 0.145. The molecule has 1 aromatic heterocycles. The van der Waals surface area contributed by atoms with Crippen LogP contribution in [0.1, 0.15) is 5.69 Å². The zero-order chi connectivity index (χ0) is 13.2. The SMILES string of the molecule is Cc1cc(=O)c(N2NCNN2)nn1-c1ccccc1. The molecule has 1 fully saturated rings.